The van der Waals surface area contributed by atoms with Crippen LogP contribution in [0.2, 0.25) is 0 Å². The number of halogens is 1. The van der Waals surface area contributed by atoms with E-state index in [2.05, 4.69) is 222 Å². The molecule has 280 valence electrons. The van der Waals surface area contributed by atoms with Crippen LogP contribution in [0.25, 0.3) is 0 Å². The van der Waals surface area contributed by atoms with Crippen LogP contribution in [0.3, 0.4) is 0 Å². The van der Waals surface area contributed by atoms with E-state index >= 15 is 0 Å². The van der Waals surface area contributed by atoms with E-state index in [0.717, 1.165) is 0 Å². The summed E-state index contributed by atoms with van der Waals surface area (Å²) in [5.41, 5.74) is 5.16. The lowest BCUT2D eigenvalue weighted by Crippen LogP contribution is -3.61. The molecule has 0 bridgehead atoms. The normalized spacial score (nSPS) is 11.3. The van der Waals surface area contributed by atoms with E-state index in [1.54, 1.807) is 0 Å². The summed E-state index contributed by atoms with van der Waals surface area (Å²) in [5.74, 6) is 0. The van der Waals surface area contributed by atoms with Crippen molar-refractivity contribution in [1.29, 1.82) is 0 Å². The number of benzene rings is 8. The predicted octanol–water partition coefficient (Wildman–Crippen LogP) is 11.5. The molecule has 0 nitrogen and oxygen atoms in total. The van der Waals surface area contributed by atoms with Gasteiger partial charge in [-0.3, -0.25) is 0 Å². The summed E-state index contributed by atoms with van der Waals surface area (Å²) in [6, 6.07) is 72.9. The van der Waals surface area contributed by atoms with Crippen molar-refractivity contribution >= 4 is 45.3 Å². The van der Waals surface area contributed by atoms with Gasteiger partial charge in [0, 0.05) is 19.6 Å². The first-order valence-corrected chi connectivity index (χ1v) is 25.2. The highest BCUT2D eigenvalue weighted by Gasteiger charge is 2.30. The van der Waals surface area contributed by atoms with E-state index < -0.39 is 0 Å². The zero-order chi connectivity index (χ0) is 39.1. The lowest BCUT2D eigenvalue weighted by Gasteiger charge is -2.09. The molecule has 0 saturated heterocycles. The molecule has 0 spiro atoms. The smallest absolute Gasteiger partial charge is 0.0901 e. The van der Waals surface area contributed by atoms with Crippen LogP contribution in [0, 0.1) is 34.8 Å². The van der Waals surface area contributed by atoms with Gasteiger partial charge in [-0.2, -0.15) is 0 Å². The van der Waals surface area contributed by atoms with Gasteiger partial charge in [-0.15, -0.1) is 0 Å². The monoisotopic (exact) mass is 923 g/mol. The molecule has 0 amide bonds. The van der Waals surface area contributed by atoms with E-state index in [4.69, 9.17) is 0 Å². The van der Waals surface area contributed by atoms with Gasteiger partial charge >= 0.3 is 21.2 Å². The highest BCUT2D eigenvalue weighted by Crippen LogP contribution is 2.36. The quantitative estimate of drug-likeness (QED) is 0.0885. The lowest BCUT2D eigenvalue weighted by atomic mass is 10.2. The fraction of sp³-hybridized carbons (Fsp3) is 0.0769. The van der Waals surface area contributed by atoms with Gasteiger partial charge in [-0.25, -0.2) is 0 Å². The Morgan fingerprint density at radius 1 is 0.263 bits per heavy atom. The van der Waals surface area contributed by atoms with Crippen molar-refractivity contribution in [3.05, 3.63) is 224 Å². The molecule has 0 aliphatic heterocycles. The molecule has 0 saturated carbocycles. The SMILES string of the molecule is Cc1ccc([S+](c2ccc(C)cc2)c2ccc(Sc3ccc([I+]c4ccc(Sc5ccc([S+](c6ccc(C)cc6)c6ccc(C)cc6)cc5)cc4)cc3)cc2)cc1. The van der Waals surface area contributed by atoms with Gasteiger partial charge in [0.2, 0.25) is 0 Å². The summed E-state index contributed by atoms with van der Waals surface area (Å²) < 4.78 is 2.87. The molecule has 5 heteroatoms. The van der Waals surface area contributed by atoms with Crippen LogP contribution in [-0.2, 0) is 21.8 Å². The van der Waals surface area contributed by atoms with E-state index in [0.29, 0.717) is 0 Å². The van der Waals surface area contributed by atoms with Crippen LogP contribution < -0.4 is 21.2 Å². The van der Waals surface area contributed by atoms with Gasteiger partial charge in [-0.1, -0.05) is 94.3 Å². The maximum absolute atomic E-state index is 2.32. The molecule has 0 fully saturated rings. The fourth-order valence-electron chi connectivity index (χ4n) is 6.33. The molecule has 8 rings (SSSR count). The summed E-state index contributed by atoms with van der Waals surface area (Å²) in [5, 5.41) is 0. The topological polar surface area (TPSA) is 0 Å². The van der Waals surface area contributed by atoms with Crippen molar-refractivity contribution in [3.8, 4) is 0 Å². The maximum Gasteiger partial charge on any atom is 0.357 e. The summed E-state index contributed by atoms with van der Waals surface area (Å²) in [4.78, 5) is 13.2. The number of hydrogen-bond donors (Lipinski definition) is 0. The molecule has 8 aromatic carbocycles. The van der Waals surface area contributed by atoms with Gasteiger partial charge in [0.25, 0.3) is 0 Å². The van der Waals surface area contributed by atoms with Crippen LogP contribution in [0.5, 0.6) is 0 Å². The Morgan fingerprint density at radius 3 is 0.684 bits per heavy atom. The van der Waals surface area contributed by atoms with E-state index in [1.165, 1.54) is 78.3 Å². The molecule has 57 heavy (non-hydrogen) atoms. The number of rotatable bonds is 12. The average molecular weight is 924 g/mol. The average Bonchev–Trinajstić information content (AvgIpc) is 3.23. The number of aryl methyl sites for hydroxylation is 4. The van der Waals surface area contributed by atoms with Crippen molar-refractivity contribution in [3.63, 3.8) is 0 Å². The third-order valence-corrected chi connectivity index (χ3v) is 18.6. The molecule has 0 N–H and O–H groups in total. The Balaban J connectivity index is 0.888. The van der Waals surface area contributed by atoms with Crippen molar-refractivity contribution in [1.82, 2.24) is 0 Å². The third-order valence-electron chi connectivity index (χ3n) is 9.46. The van der Waals surface area contributed by atoms with Crippen molar-refractivity contribution in [2.75, 3.05) is 0 Å². The van der Waals surface area contributed by atoms with Gasteiger partial charge < -0.3 is 0 Å². The van der Waals surface area contributed by atoms with Crippen LogP contribution in [0.1, 0.15) is 22.3 Å². The molecule has 8 aromatic rings. The van der Waals surface area contributed by atoms with Crippen molar-refractivity contribution in [2.24, 2.45) is 0 Å². The molecule has 0 radical (unpaired) electrons. The largest absolute Gasteiger partial charge is 0.357 e. The minimum Gasteiger partial charge on any atom is -0.0901 e. The Morgan fingerprint density at radius 2 is 0.456 bits per heavy atom. The van der Waals surface area contributed by atoms with Crippen LogP contribution in [-0.4, -0.2) is 0 Å². The van der Waals surface area contributed by atoms with E-state index in [-0.39, 0.29) is 43.0 Å². The standard InChI is InChI=1S/C52H44IS4/c1-37-5-25-47(26-6-37)56(48-27-7-38(2)8-28-48)51-33-21-45(22-34-51)54-43-17-13-41(14-18-43)53-42-15-19-44(20-16-42)55-46-23-35-52(36-24-46)57(49-29-9-39(3)10-30-49)50-31-11-40(4)12-32-50/h5-36H,1-4H3/q+3. The second-order valence-corrected chi connectivity index (χ2v) is 23.4. The van der Waals surface area contributed by atoms with E-state index in [9.17, 15) is 0 Å². The zero-order valence-corrected chi connectivity index (χ0v) is 37.9. The second kappa shape index (κ2) is 18.6. The highest BCUT2D eigenvalue weighted by atomic mass is 127. The van der Waals surface area contributed by atoms with E-state index in [1.807, 2.05) is 23.5 Å². The lowest BCUT2D eigenvalue weighted by molar-refractivity contribution is -0.597. The summed E-state index contributed by atoms with van der Waals surface area (Å²) in [6.07, 6.45) is 0. The first kappa shape index (κ1) is 39.7. The molecule has 0 aliphatic rings. The molecule has 0 heterocycles. The van der Waals surface area contributed by atoms with Crippen LogP contribution in [0.15, 0.2) is 243 Å². The highest BCUT2D eigenvalue weighted by molar-refractivity contribution is 7.99. The second-order valence-electron chi connectivity index (χ2n) is 14.0. The maximum atomic E-state index is 2.32. The van der Waals surface area contributed by atoms with Gasteiger partial charge in [0.1, 0.15) is 0 Å². The summed E-state index contributed by atoms with van der Waals surface area (Å²) in [6.45, 7) is 8.62. The Bertz CT molecular complexity index is 2240. The van der Waals surface area contributed by atoms with Crippen LogP contribution in [0.4, 0.5) is 0 Å². The van der Waals surface area contributed by atoms with Crippen molar-refractivity contribution < 1.29 is 21.2 Å². The minimum absolute atomic E-state index is 0.144. The van der Waals surface area contributed by atoms with Crippen LogP contribution >= 0.6 is 23.5 Å². The summed E-state index contributed by atoms with van der Waals surface area (Å²) in [7, 11) is -0.287. The van der Waals surface area contributed by atoms with Gasteiger partial charge in [0.15, 0.2) is 36.5 Å². The Hall–Kier alpha value is -4.11. The van der Waals surface area contributed by atoms with Crippen molar-refractivity contribution in [2.45, 2.75) is 76.6 Å². The number of hydrogen-bond acceptors (Lipinski definition) is 2. The molecule has 0 unspecified atom stereocenters. The summed E-state index contributed by atoms with van der Waals surface area (Å²) >= 11 is 3.41. The molecule has 0 aliphatic carbocycles. The first-order chi connectivity index (χ1) is 27.8. The molecular formula is C52H44IS4+3. The van der Waals surface area contributed by atoms with Gasteiger partial charge in [0.05, 0.1) is 21.8 Å². The zero-order valence-electron chi connectivity index (χ0n) is 32.5. The van der Waals surface area contributed by atoms with Gasteiger partial charge in [-0.05, 0) is 173 Å². The molecule has 0 aromatic heterocycles. The Labute approximate surface area is 363 Å². The fourth-order valence-corrected chi connectivity index (χ4v) is 14.2. The first-order valence-electron chi connectivity index (χ1n) is 19.0. The third kappa shape index (κ3) is 10.3. The minimum atomic E-state index is -0.258. The molecular weight excluding hydrogens is 880 g/mol. The predicted molar refractivity (Wildman–Crippen MR) is 240 cm³/mol. The molecule has 0 atom stereocenters. The Kier molecular flexibility index (Phi) is 13.0.